The Morgan fingerprint density at radius 3 is 2.23 bits per heavy atom. The molecule has 0 aliphatic carbocycles. The monoisotopic (exact) mass is 298 g/mol. The normalized spacial score (nSPS) is 9.82. The standard InChI is InChI=1S/C17H18N2O3/c20-16(22-13-14-7-3-1-4-8-14)11-12-18-17(21)19-15-9-5-2-6-10-15/h1-10H,11-13H2,(H2,18,19,21). The van der Waals surface area contributed by atoms with Crippen LogP contribution in [0.15, 0.2) is 60.7 Å². The first kappa shape index (κ1) is 15.6. The molecule has 0 radical (unpaired) electrons. The Morgan fingerprint density at radius 1 is 0.909 bits per heavy atom. The average molecular weight is 298 g/mol. The molecule has 2 aromatic carbocycles. The Hall–Kier alpha value is -2.82. The van der Waals surface area contributed by atoms with Crippen molar-refractivity contribution < 1.29 is 14.3 Å². The molecule has 0 fully saturated rings. The van der Waals surface area contributed by atoms with E-state index in [4.69, 9.17) is 4.74 Å². The van der Waals surface area contributed by atoms with Gasteiger partial charge in [-0.3, -0.25) is 4.79 Å². The highest BCUT2D eigenvalue weighted by molar-refractivity contribution is 5.89. The van der Waals surface area contributed by atoms with Crippen molar-refractivity contribution in [3.8, 4) is 0 Å². The Morgan fingerprint density at radius 2 is 1.55 bits per heavy atom. The van der Waals surface area contributed by atoms with E-state index >= 15 is 0 Å². The highest BCUT2D eigenvalue weighted by Gasteiger charge is 2.05. The minimum absolute atomic E-state index is 0.134. The van der Waals surface area contributed by atoms with E-state index in [0.717, 1.165) is 5.56 Å². The summed E-state index contributed by atoms with van der Waals surface area (Å²) in [7, 11) is 0. The SMILES string of the molecule is O=C(NCCC(=O)OCc1ccccc1)Nc1ccccc1. The summed E-state index contributed by atoms with van der Waals surface area (Å²) in [6.45, 7) is 0.474. The molecule has 22 heavy (non-hydrogen) atoms. The Kier molecular flexibility index (Phi) is 5.99. The van der Waals surface area contributed by atoms with Crippen molar-refractivity contribution in [2.45, 2.75) is 13.0 Å². The van der Waals surface area contributed by atoms with E-state index in [2.05, 4.69) is 10.6 Å². The molecular weight excluding hydrogens is 280 g/mol. The third-order valence-electron chi connectivity index (χ3n) is 2.89. The quantitative estimate of drug-likeness (QED) is 0.806. The minimum Gasteiger partial charge on any atom is -0.461 e. The molecule has 0 aliphatic rings. The number of para-hydroxylation sites is 1. The molecule has 2 N–H and O–H groups in total. The number of rotatable bonds is 6. The fourth-order valence-corrected chi connectivity index (χ4v) is 1.79. The van der Waals surface area contributed by atoms with Crippen LogP contribution in [0.5, 0.6) is 0 Å². The summed E-state index contributed by atoms with van der Waals surface area (Å²) < 4.78 is 5.12. The number of hydrogen-bond acceptors (Lipinski definition) is 3. The number of nitrogens with one attached hydrogen (secondary N) is 2. The van der Waals surface area contributed by atoms with Crippen LogP contribution in [0.4, 0.5) is 10.5 Å². The van der Waals surface area contributed by atoms with Crippen LogP contribution < -0.4 is 10.6 Å². The van der Waals surface area contributed by atoms with Gasteiger partial charge in [0, 0.05) is 12.2 Å². The smallest absolute Gasteiger partial charge is 0.319 e. The number of amides is 2. The predicted octanol–water partition coefficient (Wildman–Crippen LogP) is 2.94. The van der Waals surface area contributed by atoms with E-state index in [9.17, 15) is 9.59 Å². The van der Waals surface area contributed by atoms with Crippen molar-refractivity contribution in [3.05, 3.63) is 66.2 Å². The molecule has 5 nitrogen and oxygen atoms in total. The molecule has 2 rings (SSSR count). The van der Waals surface area contributed by atoms with E-state index in [1.54, 1.807) is 12.1 Å². The van der Waals surface area contributed by atoms with Gasteiger partial charge in [0.2, 0.25) is 0 Å². The van der Waals surface area contributed by atoms with Crippen LogP contribution in [0, 0.1) is 0 Å². The van der Waals surface area contributed by atoms with E-state index in [-0.39, 0.29) is 31.6 Å². The molecule has 0 unspecified atom stereocenters. The summed E-state index contributed by atoms with van der Waals surface area (Å²) in [4.78, 5) is 23.2. The molecule has 0 spiro atoms. The predicted molar refractivity (Wildman–Crippen MR) is 84.3 cm³/mol. The number of urea groups is 1. The third-order valence-corrected chi connectivity index (χ3v) is 2.89. The van der Waals surface area contributed by atoms with Gasteiger partial charge >= 0.3 is 12.0 Å². The van der Waals surface area contributed by atoms with Crippen molar-refractivity contribution in [1.29, 1.82) is 0 Å². The number of benzene rings is 2. The lowest BCUT2D eigenvalue weighted by molar-refractivity contribution is -0.144. The zero-order valence-corrected chi connectivity index (χ0v) is 12.1. The second kappa shape index (κ2) is 8.46. The average Bonchev–Trinajstić information content (AvgIpc) is 2.55. The molecule has 0 bridgehead atoms. The third kappa shape index (κ3) is 5.66. The molecule has 0 saturated carbocycles. The van der Waals surface area contributed by atoms with Gasteiger partial charge in [-0.15, -0.1) is 0 Å². The molecule has 0 heterocycles. The summed E-state index contributed by atoms with van der Waals surface area (Å²) in [6, 6.07) is 18.2. The molecule has 0 aliphatic heterocycles. The number of carbonyl (C=O) groups excluding carboxylic acids is 2. The van der Waals surface area contributed by atoms with E-state index in [0.29, 0.717) is 5.69 Å². The molecule has 0 atom stereocenters. The number of esters is 1. The summed E-state index contributed by atoms with van der Waals surface area (Å²) in [5.41, 5.74) is 1.64. The van der Waals surface area contributed by atoms with Gasteiger partial charge in [-0.05, 0) is 17.7 Å². The lowest BCUT2D eigenvalue weighted by Gasteiger charge is -2.08. The van der Waals surface area contributed by atoms with Crippen molar-refractivity contribution in [2.75, 3.05) is 11.9 Å². The first-order valence-electron chi connectivity index (χ1n) is 7.03. The van der Waals surface area contributed by atoms with E-state index < -0.39 is 0 Å². The van der Waals surface area contributed by atoms with Gasteiger partial charge in [0.05, 0.1) is 6.42 Å². The summed E-state index contributed by atoms with van der Waals surface area (Å²) in [5.74, 6) is -0.344. The van der Waals surface area contributed by atoms with Gasteiger partial charge in [-0.1, -0.05) is 48.5 Å². The largest absolute Gasteiger partial charge is 0.461 e. The van der Waals surface area contributed by atoms with Crippen LogP contribution in [0.1, 0.15) is 12.0 Å². The maximum Gasteiger partial charge on any atom is 0.319 e. The van der Waals surface area contributed by atoms with Gasteiger partial charge in [0.15, 0.2) is 0 Å². The molecule has 2 aromatic rings. The first-order chi connectivity index (χ1) is 10.7. The van der Waals surface area contributed by atoms with Crippen molar-refractivity contribution >= 4 is 17.7 Å². The lowest BCUT2D eigenvalue weighted by atomic mass is 10.2. The lowest BCUT2D eigenvalue weighted by Crippen LogP contribution is -2.30. The Bertz CT molecular complexity index is 600. The molecular formula is C17H18N2O3. The van der Waals surface area contributed by atoms with Crippen LogP contribution in [0.3, 0.4) is 0 Å². The first-order valence-corrected chi connectivity index (χ1v) is 7.03. The second-order valence-corrected chi connectivity index (χ2v) is 4.64. The topological polar surface area (TPSA) is 67.4 Å². The number of hydrogen-bond donors (Lipinski definition) is 2. The number of carbonyl (C=O) groups is 2. The van der Waals surface area contributed by atoms with Gasteiger partial charge in [-0.2, -0.15) is 0 Å². The van der Waals surface area contributed by atoms with Crippen LogP contribution in [0.25, 0.3) is 0 Å². The van der Waals surface area contributed by atoms with Crippen LogP contribution >= 0.6 is 0 Å². The fraction of sp³-hybridized carbons (Fsp3) is 0.176. The van der Waals surface area contributed by atoms with Gasteiger partial charge in [-0.25, -0.2) is 4.79 Å². The van der Waals surface area contributed by atoms with E-state index in [1.165, 1.54) is 0 Å². The zero-order valence-electron chi connectivity index (χ0n) is 12.1. The molecule has 5 heteroatoms. The van der Waals surface area contributed by atoms with Gasteiger partial charge in [0.25, 0.3) is 0 Å². The molecule has 0 saturated heterocycles. The minimum atomic E-state index is -0.345. The van der Waals surface area contributed by atoms with Crippen LogP contribution in [-0.2, 0) is 16.1 Å². The summed E-state index contributed by atoms with van der Waals surface area (Å²) in [6.07, 6.45) is 0.134. The van der Waals surface area contributed by atoms with Gasteiger partial charge < -0.3 is 15.4 Å². The molecule has 0 aromatic heterocycles. The summed E-state index contributed by atoms with van der Waals surface area (Å²) >= 11 is 0. The molecule has 2 amide bonds. The summed E-state index contributed by atoms with van der Waals surface area (Å²) in [5, 5.41) is 5.28. The van der Waals surface area contributed by atoms with Crippen LogP contribution in [0.2, 0.25) is 0 Å². The fourth-order valence-electron chi connectivity index (χ4n) is 1.79. The molecule has 114 valence electrons. The highest BCUT2D eigenvalue weighted by atomic mass is 16.5. The Labute approximate surface area is 129 Å². The van der Waals surface area contributed by atoms with Crippen molar-refractivity contribution in [1.82, 2.24) is 5.32 Å². The zero-order chi connectivity index (χ0) is 15.6. The maximum absolute atomic E-state index is 11.6. The second-order valence-electron chi connectivity index (χ2n) is 4.64. The van der Waals surface area contributed by atoms with E-state index in [1.807, 2.05) is 48.5 Å². The Balaban J connectivity index is 1.61. The maximum atomic E-state index is 11.6. The highest BCUT2D eigenvalue weighted by Crippen LogP contribution is 2.04. The number of anilines is 1. The van der Waals surface area contributed by atoms with Crippen molar-refractivity contribution in [3.63, 3.8) is 0 Å². The van der Waals surface area contributed by atoms with Crippen molar-refractivity contribution in [2.24, 2.45) is 0 Å². The number of ether oxygens (including phenoxy) is 1. The van der Waals surface area contributed by atoms with Gasteiger partial charge in [0.1, 0.15) is 6.61 Å². The van der Waals surface area contributed by atoms with Crippen LogP contribution in [-0.4, -0.2) is 18.5 Å².